The molecule has 0 atom stereocenters. The summed E-state index contributed by atoms with van der Waals surface area (Å²) in [6, 6.07) is 7.24. The lowest BCUT2D eigenvalue weighted by Gasteiger charge is -2.14. The quantitative estimate of drug-likeness (QED) is 0.780. The monoisotopic (exact) mass is 300 g/mol. The Bertz CT molecular complexity index is 553. The van der Waals surface area contributed by atoms with E-state index in [-0.39, 0.29) is 6.54 Å². The van der Waals surface area contributed by atoms with Gasteiger partial charge in [0.1, 0.15) is 0 Å². The van der Waals surface area contributed by atoms with Crippen molar-refractivity contribution in [2.24, 2.45) is 0 Å². The number of nitrogens with one attached hydrogen (secondary N) is 2. The molecule has 0 spiro atoms. The number of rotatable bonds is 6. The Labute approximate surface area is 119 Å². The van der Waals surface area contributed by atoms with Crippen molar-refractivity contribution < 1.29 is 13.2 Å². The molecule has 0 fully saturated rings. The van der Waals surface area contributed by atoms with Gasteiger partial charge in [-0.1, -0.05) is 0 Å². The lowest BCUT2D eigenvalue weighted by Crippen LogP contribution is -2.40. The van der Waals surface area contributed by atoms with E-state index in [4.69, 9.17) is 0 Å². The summed E-state index contributed by atoms with van der Waals surface area (Å²) in [4.78, 5) is 13.6. The minimum absolute atomic E-state index is 0.310. The Morgan fingerprint density at radius 3 is 2.10 bits per heavy atom. The number of amides is 1. The number of nitrogens with zero attached hydrogens (tertiary/aromatic N) is 2. The molecule has 1 rings (SSSR count). The van der Waals surface area contributed by atoms with Gasteiger partial charge in [-0.25, -0.2) is 0 Å². The topological polar surface area (TPSA) is 81.8 Å². The van der Waals surface area contributed by atoms with Crippen LogP contribution in [0.1, 0.15) is 0 Å². The lowest BCUT2D eigenvalue weighted by atomic mass is 10.2. The molecular weight excluding hydrogens is 280 g/mol. The Balaban J connectivity index is 2.55. The maximum absolute atomic E-state index is 11.6. The first kappa shape index (κ1) is 16.4. The average molecular weight is 300 g/mol. The SMILES string of the molecule is CN(C)c1ccc(NC(=O)CNS(=O)(=O)N(C)C)cc1. The van der Waals surface area contributed by atoms with Crippen LogP contribution in [0.3, 0.4) is 0 Å². The van der Waals surface area contributed by atoms with Gasteiger partial charge in [-0.2, -0.15) is 17.4 Å². The van der Waals surface area contributed by atoms with Gasteiger partial charge < -0.3 is 10.2 Å². The van der Waals surface area contributed by atoms with E-state index in [1.165, 1.54) is 14.1 Å². The molecule has 0 aliphatic rings. The highest BCUT2D eigenvalue weighted by Crippen LogP contribution is 2.15. The summed E-state index contributed by atoms with van der Waals surface area (Å²) in [7, 11) is 3.03. The third-order valence-electron chi connectivity index (χ3n) is 2.56. The molecule has 0 unspecified atom stereocenters. The molecule has 0 aliphatic carbocycles. The molecule has 0 saturated heterocycles. The zero-order valence-electron chi connectivity index (χ0n) is 12.0. The molecule has 0 heterocycles. The maximum atomic E-state index is 11.6. The predicted octanol–water partition coefficient (Wildman–Crippen LogP) is 0.0871. The predicted molar refractivity (Wildman–Crippen MR) is 80.0 cm³/mol. The number of benzene rings is 1. The largest absolute Gasteiger partial charge is 0.378 e. The second-order valence-electron chi connectivity index (χ2n) is 4.60. The first-order valence-electron chi connectivity index (χ1n) is 5.97. The molecule has 1 aromatic rings. The fourth-order valence-corrected chi connectivity index (χ4v) is 1.91. The van der Waals surface area contributed by atoms with Crippen LogP contribution in [0.2, 0.25) is 0 Å². The standard InChI is InChI=1S/C12H20N4O3S/c1-15(2)11-7-5-10(6-8-11)14-12(17)9-13-20(18,19)16(3)4/h5-8,13H,9H2,1-4H3,(H,14,17). The van der Waals surface area contributed by atoms with Crippen LogP contribution in [-0.2, 0) is 15.0 Å². The van der Waals surface area contributed by atoms with Crippen molar-refractivity contribution in [2.45, 2.75) is 0 Å². The van der Waals surface area contributed by atoms with E-state index in [0.29, 0.717) is 5.69 Å². The van der Waals surface area contributed by atoms with Crippen LogP contribution in [0.5, 0.6) is 0 Å². The first-order chi connectivity index (χ1) is 9.22. The summed E-state index contributed by atoms with van der Waals surface area (Å²) in [5, 5.41) is 2.62. The molecule has 2 N–H and O–H groups in total. The van der Waals surface area contributed by atoms with Crippen LogP contribution >= 0.6 is 0 Å². The fourth-order valence-electron chi connectivity index (χ4n) is 1.33. The van der Waals surface area contributed by atoms with E-state index in [0.717, 1.165) is 9.99 Å². The van der Waals surface area contributed by atoms with Crippen molar-refractivity contribution >= 4 is 27.5 Å². The molecular formula is C12H20N4O3S. The van der Waals surface area contributed by atoms with Crippen molar-refractivity contribution in [1.82, 2.24) is 9.03 Å². The number of carbonyl (C=O) groups is 1. The third kappa shape index (κ3) is 4.80. The molecule has 1 amide bonds. The average Bonchev–Trinajstić information content (AvgIpc) is 2.37. The van der Waals surface area contributed by atoms with Gasteiger partial charge in [0.2, 0.25) is 5.91 Å². The molecule has 0 radical (unpaired) electrons. The highest BCUT2D eigenvalue weighted by molar-refractivity contribution is 7.87. The Morgan fingerprint density at radius 1 is 1.10 bits per heavy atom. The van der Waals surface area contributed by atoms with Crippen LogP contribution in [0.25, 0.3) is 0 Å². The second-order valence-corrected chi connectivity index (χ2v) is 6.57. The molecule has 1 aromatic carbocycles. The zero-order chi connectivity index (χ0) is 15.3. The lowest BCUT2D eigenvalue weighted by molar-refractivity contribution is -0.115. The van der Waals surface area contributed by atoms with E-state index in [1.54, 1.807) is 12.1 Å². The van der Waals surface area contributed by atoms with Crippen LogP contribution < -0.4 is 14.9 Å². The van der Waals surface area contributed by atoms with Gasteiger partial charge in [-0.3, -0.25) is 4.79 Å². The summed E-state index contributed by atoms with van der Waals surface area (Å²) in [5.74, 6) is -0.423. The van der Waals surface area contributed by atoms with Crippen molar-refractivity contribution in [3.63, 3.8) is 0 Å². The summed E-state index contributed by atoms with van der Waals surface area (Å²) in [5.41, 5.74) is 1.63. The van der Waals surface area contributed by atoms with Gasteiger partial charge in [0.05, 0.1) is 6.54 Å². The number of anilines is 2. The normalized spacial score (nSPS) is 11.4. The van der Waals surface area contributed by atoms with Gasteiger partial charge in [0.25, 0.3) is 10.2 Å². The molecule has 112 valence electrons. The first-order valence-corrected chi connectivity index (χ1v) is 7.41. The third-order valence-corrected chi connectivity index (χ3v) is 4.03. The molecule has 20 heavy (non-hydrogen) atoms. The number of hydrogen-bond donors (Lipinski definition) is 2. The Hall–Kier alpha value is -1.64. The summed E-state index contributed by atoms with van der Waals surface area (Å²) < 4.78 is 26.1. The molecule has 0 bridgehead atoms. The Kier molecular flexibility index (Phi) is 5.49. The van der Waals surface area contributed by atoms with E-state index in [1.807, 2.05) is 31.1 Å². The van der Waals surface area contributed by atoms with Crippen molar-refractivity contribution in [3.05, 3.63) is 24.3 Å². The molecule has 0 saturated carbocycles. The van der Waals surface area contributed by atoms with Gasteiger partial charge in [0, 0.05) is 39.6 Å². The van der Waals surface area contributed by atoms with E-state index < -0.39 is 16.1 Å². The van der Waals surface area contributed by atoms with Crippen molar-refractivity contribution in [1.29, 1.82) is 0 Å². The highest BCUT2D eigenvalue weighted by atomic mass is 32.2. The van der Waals surface area contributed by atoms with Gasteiger partial charge in [0.15, 0.2) is 0 Å². The van der Waals surface area contributed by atoms with E-state index >= 15 is 0 Å². The van der Waals surface area contributed by atoms with Gasteiger partial charge in [-0.15, -0.1) is 0 Å². The van der Waals surface area contributed by atoms with Crippen LogP contribution in [0.15, 0.2) is 24.3 Å². The molecule has 8 heteroatoms. The summed E-state index contributed by atoms with van der Waals surface area (Å²) in [6.07, 6.45) is 0. The van der Waals surface area contributed by atoms with Crippen molar-refractivity contribution in [2.75, 3.05) is 45.0 Å². The maximum Gasteiger partial charge on any atom is 0.279 e. The zero-order valence-corrected chi connectivity index (χ0v) is 12.9. The molecule has 7 nitrogen and oxygen atoms in total. The fraction of sp³-hybridized carbons (Fsp3) is 0.417. The van der Waals surface area contributed by atoms with Crippen LogP contribution in [0.4, 0.5) is 11.4 Å². The van der Waals surface area contributed by atoms with Crippen molar-refractivity contribution in [3.8, 4) is 0 Å². The smallest absolute Gasteiger partial charge is 0.279 e. The summed E-state index contributed by atoms with van der Waals surface area (Å²) in [6.45, 7) is -0.310. The molecule has 0 aromatic heterocycles. The van der Waals surface area contributed by atoms with E-state index in [9.17, 15) is 13.2 Å². The Morgan fingerprint density at radius 2 is 1.65 bits per heavy atom. The number of carbonyl (C=O) groups excluding carboxylic acids is 1. The van der Waals surface area contributed by atoms with Gasteiger partial charge >= 0.3 is 0 Å². The van der Waals surface area contributed by atoms with Gasteiger partial charge in [-0.05, 0) is 24.3 Å². The number of hydrogen-bond acceptors (Lipinski definition) is 4. The second kappa shape index (κ2) is 6.69. The molecule has 0 aliphatic heterocycles. The minimum atomic E-state index is -3.59. The van der Waals surface area contributed by atoms with Crippen LogP contribution in [0, 0.1) is 0 Å². The van der Waals surface area contributed by atoms with E-state index in [2.05, 4.69) is 10.0 Å². The minimum Gasteiger partial charge on any atom is -0.378 e. The summed E-state index contributed by atoms with van der Waals surface area (Å²) >= 11 is 0. The highest BCUT2D eigenvalue weighted by Gasteiger charge is 2.14. The van der Waals surface area contributed by atoms with Crippen LogP contribution in [-0.4, -0.2) is 53.4 Å².